The van der Waals surface area contributed by atoms with Crippen molar-refractivity contribution in [1.29, 1.82) is 0 Å². The third-order valence-electron chi connectivity index (χ3n) is 1.98. The third kappa shape index (κ3) is 1.77. The Morgan fingerprint density at radius 1 is 1.46 bits per heavy atom. The van der Waals surface area contributed by atoms with Crippen LogP contribution < -0.4 is 0 Å². The molecule has 1 aromatic carbocycles. The van der Waals surface area contributed by atoms with Crippen molar-refractivity contribution in [3.05, 3.63) is 26.3 Å². The highest BCUT2D eigenvalue weighted by atomic mass is 127. The molecule has 0 saturated carbocycles. The van der Waals surface area contributed by atoms with Crippen LogP contribution in [0, 0.1) is 17.4 Å². The lowest BCUT2D eigenvalue weighted by Crippen LogP contribution is -2.00. The van der Waals surface area contributed by atoms with Crippen LogP contribution in [0.1, 0.15) is 21.5 Å². The number of carbonyl (C=O) groups is 1. The zero-order valence-electron chi connectivity index (χ0n) is 7.26. The van der Waals surface area contributed by atoms with E-state index in [1.807, 2.05) is 36.4 Å². The van der Waals surface area contributed by atoms with Crippen molar-refractivity contribution in [2.24, 2.45) is 0 Å². The lowest BCUT2D eigenvalue weighted by Gasteiger charge is -2.08. The van der Waals surface area contributed by atoms with Crippen LogP contribution in [-0.2, 0) is 0 Å². The molecular formula is C9H9IO3. The van der Waals surface area contributed by atoms with Gasteiger partial charge in [0.15, 0.2) is 0 Å². The molecule has 0 aliphatic carbocycles. The van der Waals surface area contributed by atoms with Gasteiger partial charge in [-0.05, 0) is 53.6 Å². The predicted molar refractivity (Wildman–Crippen MR) is 57.3 cm³/mol. The SMILES string of the molecule is Cc1cc(C(=O)O)c(O)c(I)c1C. The van der Waals surface area contributed by atoms with Crippen LogP contribution in [0.2, 0.25) is 0 Å². The minimum atomic E-state index is -1.10. The highest BCUT2D eigenvalue weighted by Gasteiger charge is 2.15. The van der Waals surface area contributed by atoms with Crippen LogP contribution >= 0.6 is 22.6 Å². The predicted octanol–water partition coefficient (Wildman–Crippen LogP) is 2.31. The molecule has 0 fully saturated rings. The first-order chi connectivity index (χ1) is 5.95. The number of hydrogen-bond donors (Lipinski definition) is 2. The largest absolute Gasteiger partial charge is 0.506 e. The number of aromatic carboxylic acids is 1. The van der Waals surface area contributed by atoms with Crippen molar-refractivity contribution in [2.45, 2.75) is 13.8 Å². The molecule has 0 unspecified atom stereocenters. The van der Waals surface area contributed by atoms with Crippen LogP contribution in [0.5, 0.6) is 5.75 Å². The number of benzene rings is 1. The average Bonchev–Trinajstić information content (AvgIpc) is 2.07. The first kappa shape index (κ1) is 10.3. The summed E-state index contributed by atoms with van der Waals surface area (Å²) < 4.78 is 0.606. The average molecular weight is 292 g/mol. The summed E-state index contributed by atoms with van der Waals surface area (Å²) in [6.45, 7) is 3.67. The number of rotatable bonds is 1. The maximum absolute atomic E-state index is 10.7. The van der Waals surface area contributed by atoms with Gasteiger partial charge in [0.25, 0.3) is 0 Å². The van der Waals surface area contributed by atoms with Crippen LogP contribution in [0.25, 0.3) is 0 Å². The fraction of sp³-hybridized carbons (Fsp3) is 0.222. The van der Waals surface area contributed by atoms with E-state index in [0.717, 1.165) is 11.1 Å². The number of aromatic hydroxyl groups is 1. The Morgan fingerprint density at radius 3 is 2.46 bits per heavy atom. The lowest BCUT2D eigenvalue weighted by molar-refractivity contribution is 0.0693. The Morgan fingerprint density at radius 2 is 2.00 bits per heavy atom. The van der Waals surface area contributed by atoms with E-state index in [0.29, 0.717) is 3.57 Å². The smallest absolute Gasteiger partial charge is 0.339 e. The first-order valence-electron chi connectivity index (χ1n) is 3.67. The van der Waals surface area contributed by atoms with Crippen LogP contribution in [0.15, 0.2) is 6.07 Å². The van der Waals surface area contributed by atoms with Gasteiger partial charge < -0.3 is 10.2 Å². The molecule has 0 amide bonds. The van der Waals surface area contributed by atoms with Crippen molar-refractivity contribution >= 4 is 28.6 Å². The molecule has 13 heavy (non-hydrogen) atoms. The summed E-state index contributed by atoms with van der Waals surface area (Å²) in [5, 5.41) is 18.2. The number of aryl methyl sites for hydroxylation is 1. The fourth-order valence-electron chi connectivity index (χ4n) is 1.03. The molecule has 0 aliphatic rings. The molecule has 0 saturated heterocycles. The van der Waals surface area contributed by atoms with Gasteiger partial charge in [0.2, 0.25) is 0 Å². The molecule has 0 bridgehead atoms. The quantitative estimate of drug-likeness (QED) is 0.781. The van der Waals surface area contributed by atoms with Crippen LogP contribution in [-0.4, -0.2) is 16.2 Å². The summed E-state index contributed by atoms with van der Waals surface area (Å²) in [4.78, 5) is 10.7. The highest BCUT2D eigenvalue weighted by Crippen LogP contribution is 2.29. The second-order valence-electron chi connectivity index (χ2n) is 2.83. The monoisotopic (exact) mass is 292 g/mol. The Bertz CT molecular complexity index is 372. The van der Waals surface area contributed by atoms with Gasteiger partial charge in [0, 0.05) is 0 Å². The van der Waals surface area contributed by atoms with Gasteiger partial charge in [-0.3, -0.25) is 0 Å². The van der Waals surface area contributed by atoms with Crippen LogP contribution in [0.3, 0.4) is 0 Å². The highest BCUT2D eigenvalue weighted by molar-refractivity contribution is 14.1. The summed E-state index contributed by atoms with van der Waals surface area (Å²) >= 11 is 1.94. The van der Waals surface area contributed by atoms with E-state index >= 15 is 0 Å². The van der Waals surface area contributed by atoms with E-state index < -0.39 is 5.97 Å². The lowest BCUT2D eigenvalue weighted by atomic mass is 10.1. The second kappa shape index (κ2) is 3.53. The molecule has 2 N–H and O–H groups in total. The normalized spacial score (nSPS) is 10.1. The van der Waals surface area contributed by atoms with E-state index in [1.54, 1.807) is 0 Å². The van der Waals surface area contributed by atoms with E-state index in [-0.39, 0.29) is 11.3 Å². The maximum atomic E-state index is 10.7. The molecule has 4 heteroatoms. The molecule has 3 nitrogen and oxygen atoms in total. The van der Waals surface area contributed by atoms with Gasteiger partial charge >= 0.3 is 5.97 Å². The molecule has 1 aromatic rings. The zero-order chi connectivity index (χ0) is 10.2. The number of halogens is 1. The summed E-state index contributed by atoms with van der Waals surface area (Å²) in [7, 11) is 0. The van der Waals surface area contributed by atoms with E-state index in [2.05, 4.69) is 0 Å². The molecule has 0 spiro atoms. The van der Waals surface area contributed by atoms with Crippen molar-refractivity contribution in [3.8, 4) is 5.75 Å². The Labute approximate surface area is 89.5 Å². The molecule has 70 valence electrons. The van der Waals surface area contributed by atoms with E-state index in [9.17, 15) is 9.90 Å². The third-order valence-corrected chi connectivity index (χ3v) is 3.29. The molecule has 1 rings (SSSR count). The van der Waals surface area contributed by atoms with Gasteiger partial charge in [0.05, 0.1) is 3.57 Å². The Hall–Kier alpha value is -0.780. The molecule has 0 aromatic heterocycles. The second-order valence-corrected chi connectivity index (χ2v) is 3.91. The summed E-state index contributed by atoms with van der Waals surface area (Å²) in [6, 6.07) is 1.48. The molecular weight excluding hydrogens is 283 g/mol. The van der Waals surface area contributed by atoms with E-state index in [4.69, 9.17) is 5.11 Å². The van der Waals surface area contributed by atoms with Gasteiger partial charge in [-0.1, -0.05) is 0 Å². The van der Waals surface area contributed by atoms with E-state index in [1.165, 1.54) is 6.07 Å². The van der Waals surface area contributed by atoms with Crippen molar-refractivity contribution in [3.63, 3.8) is 0 Å². The van der Waals surface area contributed by atoms with Gasteiger partial charge in [-0.15, -0.1) is 0 Å². The van der Waals surface area contributed by atoms with Gasteiger partial charge in [-0.2, -0.15) is 0 Å². The molecule has 0 radical (unpaired) electrons. The number of carboxylic acids is 1. The van der Waals surface area contributed by atoms with Gasteiger partial charge in [-0.25, -0.2) is 4.79 Å². The zero-order valence-corrected chi connectivity index (χ0v) is 9.42. The Kier molecular flexibility index (Phi) is 2.80. The molecule has 0 heterocycles. The molecule has 0 atom stereocenters. The summed E-state index contributed by atoms with van der Waals surface area (Å²) in [5.41, 5.74) is 1.76. The number of phenols is 1. The van der Waals surface area contributed by atoms with Gasteiger partial charge in [0.1, 0.15) is 11.3 Å². The van der Waals surface area contributed by atoms with Crippen molar-refractivity contribution < 1.29 is 15.0 Å². The maximum Gasteiger partial charge on any atom is 0.339 e. The summed E-state index contributed by atoms with van der Waals surface area (Å²) in [6.07, 6.45) is 0. The van der Waals surface area contributed by atoms with Crippen LogP contribution in [0.4, 0.5) is 0 Å². The summed E-state index contributed by atoms with van der Waals surface area (Å²) in [5.74, 6) is -1.24. The number of carboxylic acid groups (broad SMARTS) is 1. The Balaban J connectivity index is 3.50. The minimum Gasteiger partial charge on any atom is -0.506 e. The minimum absolute atomic E-state index is 0.0347. The number of hydrogen-bond acceptors (Lipinski definition) is 2. The molecule has 0 aliphatic heterocycles. The standard InChI is InChI=1S/C9H9IO3/c1-4-3-6(9(12)13)8(11)7(10)5(4)2/h3,11H,1-2H3,(H,12,13). The van der Waals surface area contributed by atoms with Crippen molar-refractivity contribution in [1.82, 2.24) is 0 Å². The topological polar surface area (TPSA) is 57.5 Å². The first-order valence-corrected chi connectivity index (χ1v) is 4.75. The van der Waals surface area contributed by atoms with Crippen molar-refractivity contribution in [2.75, 3.05) is 0 Å². The fourth-order valence-corrected chi connectivity index (χ4v) is 1.74.